The molecule has 0 saturated carbocycles. The van der Waals surface area contributed by atoms with Gasteiger partial charge in [0.05, 0.1) is 43.0 Å². The molecule has 0 aliphatic rings. The number of rotatable bonds is 8. The van der Waals surface area contributed by atoms with Gasteiger partial charge in [-0.2, -0.15) is 4.37 Å². The van der Waals surface area contributed by atoms with Crippen molar-refractivity contribution in [3.63, 3.8) is 0 Å². The van der Waals surface area contributed by atoms with E-state index in [1.165, 1.54) is 11.8 Å². The highest BCUT2D eigenvalue weighted by Crippen LogP contribution is 2.32. The first-order valence-electron chi connectivity index (χ1n) is 8.40. The van der Waals surface area contributed by atoms with Crippen LogP contribution in [0.4, 0.5) is 11.4 Å². The molecule has 162 valence electrons. The standard InChI is InChI=1S/C18H12Cl4N4O2S3/c19-9-3-1-4-10(20)15(9)23-13(27)7-29-17-25-18(31-26-17)30-8-14(28)24-16-11(21)5-2-6-12(16)22/h1-6H,7-8H2,(H,23,27)(H,24,28). The van der Waals surface area contributed by atoms with Gasteiger partial charge >= 0.3 is 0 Å². The fourth-order valence-corrected chi connectivity index (χ4v) is 5.37. The number of hydrogen-bond acceptors (Lipinski definition) is 7. The molecular formula is C18H12Cl4N4O2S3. The lowest BCUT2D eigenvalue weighted by Gasteiger charge is -2.08. The Morgan fingerprint density at radius 3 is 1.74 bits per heavy atom. The van der Waals surface area contributed by atoms with Crippen molar-refractivity contribution in [1.82, 2.24) is 9.36 Å². The van der Waals surface area contributed by atoms with Gasteiger partial charge in [-0.25, -0.2) is 4.98 Å². The molecule has 2 aromatic carbocycles. The highest BCUT2D eigenvalue weighted by Gasteiger charge is 2.14. The maximum atomic E-state index is 12.2. The van der Waals surface area contributed by atoms with E-state index in [0.717, 1.165) is 23.3 Å². The highest BCUT2D eigenvalue weighted by molar-refractivity contribution is 8.02. The summed E-state index contributed by atoms with van der Waals surface area (Å²) >= 11 is 27.7. The zero-order chi connectivity index (χ0) is 22.4. The molecule has 0 radical (unpaired) electrons. The van der Waals surface area contributed by atoms with Gasteiger partial charge in [0.15, 0.2) is 4.34 Å². The van der Waals surface area contributed by atoms with E-state index in [4.69, 9.17) is 46.4 Å². The van der Waals surface area contributed by atoms with Crippen LogP contribution in [0.2, 0.25) is 20.1 Å². The number of anilines is 2. The van der Waals surface area contributed by atoms with Gasteiger partial charge < -0.3 is 10.6 Å². The fraction of sp³-hybridized carbons (Fsp3) is 0.111. The summed E-state index contributed by atoms with van der Waals surface area (Å²) in [5.74, 6) is -0.388. The van der Waals surface area contributed by atoms with Crippen LogP contribution in [0.1, 0.15) is 0 Å². The Kier molecular flexibility index (Phi) is 9.15. The number of carbonyl (C=O) groups excluding carboxylic acids is 2. The maximum Gasteiger partial charge on any atom is 0.234 e. The van der Waals surface area contributed by atoms with Crippen molar-refractivity contribution in [2.24, 2.45) is 0 Å². The number of amides is 2. The molecule has 31 heavy (non-hydrogen) atoms. The van der Waals surface area contributed by atoms with Crippen molar-refractivity contribution < 1.29 is 9.59 Å². The molecular weight excluding hydrogens is 542 g/mol. The van der Waals surface area contributed by atoms with E-state index in [1.807, 2.05) is 0 Å². The monoisotopic (exact) mass is 552 g/mol. The minimum atomic E-state index is -0.292. The first-order chi connectivity index (χ1) is 14.8. The lowest BCUT2D eigenvalue weighted by molar-refractivity contribution is -0.114. The molecule has 0 fully saturated rings. The molecule has 2 amide bonds. The third-order valence-electron chi connectivity index (χ3n) is 3.50. The summed E-state index contributed by atoms with van der Waals surface area (Å²) in [5, 5.41) is 7.21. The average Bonchev–Trinajstić information content (AvgIpc) is 3.18. The quantitative estimate of drug-likeness (QED) is 0.305. The minimum Gasteiger partial charge on any atom is -0.323 e. The zero-order valence-corrected chi connectivity index (χ0v) is 20.8. The fourth-order valence-electron chi connectivity index (χ4n) is 2.16. The van der Waals surface area contributed by atoms with Gasteiger partial charge in [0.1, 0.15) is 0 Å². The van der Waals surface area contributed by atoms with Crippen LogP contribution in [0.15, 0.2) is 45.9 Å². The van der Waals surface area contributed by atoms with Gasteiger partial charge in [-0.1, -0.05) is 82.1 Å². The highest BCUT2D eigenvalue weighted by atomic mass is 35.5. The van der Waals surface area contributed by atoms with E-state index in [-0.39, 0.29) is 23.3 Å². The predicted octanol–water partition coefficient (Wildman–Crippen LogP) is 6.61. The number of benzene rings is 2. The molecule has 0 saturated heterocycles. The van der Waals surface area contributed by atoms with E-state index >= 15 is 0 Å². The normalized spacial score (nSPS) is 10.7. The van der Waals surface area contributed by atoms with Gasteiger partial charge in [-0.3, -0.25) is 9.59 Å². The van der Waals surface area contributed by atoms with Gasteiger partial charge in [-0.05, 0) is 35.8 Å². The number of hydrogen-bond donors (Lipinski definition) is 2. The van der Waals surface area contributed by atoms with Crippen LogP contribution in [-0.2, 0) is 9.59 Å². The number of nitrogens with zero attached hydrogens (tertiary/aromatic N) is 2. The van der Waals surface area contributed by atoms with Crippen LogP contribution in [0.3, 0.4) is 0 Å². The summed E-state index contributed by atoms with van der Waals surface area (Å²) in [7, 11) is 0. The first-order valence-corrected chi connectivity index (χ1v) is 12.7. The first kappa shape index (κ1) is 24.4. The molecule has 3 rings (SSSR count). The van der Waals surface area contributed by atoms with E-state index in [0.29, 0.717) is 41.0 Å². The molecule has 0 bridgehead atoms. The van der Waals surface area contributed by atoms with Crippen LogP contribution < -0.4 is 10.6 Å². The Hall–Kier alpha value is -1.20. The summed E-state index contributed by atoms with van der Waals surface area (Å²) in [6.07, 6.45) is 0. The van der Waals surface area contributed by atoms with Crippen molar-refractivity contribution in [3.8, 4) is 0 Å². The smallest absolute Gasteiger partial charge is 0.234 e. The Morgan fingerprint density at radius 1 is 0.806 bits per heavy atom. The molecule has 0 spiro atoms. The van der Waals surface area contributed by atoms with Crippen LogP contribution in [0.25, 0.3) is 0 Å². The number of halogens is 4. The molecule has 1 heterocycles. The van der Waals surface area contributed by atoms with Gasteiger partial charge in [-0.15, -0.1) is 0 Å². The molecule has 0 aliphatic heterocycles. The number of aromatic nitrogens is 2. The summed E-state index contributed by atoms with van der Waals surface area (Å²) < 4.78 is 4.78. The van der Waals surface area contributed by atoms with Gasteiger partial charge in [0.2, 0.25) is 17.0 Å². The summed E-state index contributed by atoms with van der Waals surface area (Å²) in [4.78, 5) is 28.6. The number of carbonyl (C=O) groups is 2. The van der Waals surface area contributed by atoms with Crippen LogP contribution in [0.5, 0.6) is 0 Å². The second kappa shape index (κ2) is 11.6. The second-order valence-corrected chi connectivity index (χ2v) is 10.3. The van der Waals surface area contributed by atoms with Crippen molar-refractivity contribution in [2.45, 2.75) is 9.50 Å². The average molecular weight is 554 g/mol. The van der Waals surface area contributed by atoms with Crippen molar-refractivity contribution in [1.29, 1.82) is 0 Å². The summed E-state index contributed by atoms with van der Waals surface area (Å²) in [6, 6.07) is 9.94. The van der Waals surface area contributed by atoms with Crippen molar-refractivity contribution >= 4 is 105 Å². The Labute approximate surface area is 210 Å². The Balaban J connectivity index is 1.47. The molecule has 2 N–H and O–H groups in total. The molecule has 0 unspecified atom stereocenters. The molecule has 6 nitrogen and oxygen atoms in total. The van der Waals surface area contributed by atoms with Crippen molar-refractivity contribution in [3.05, 3.63) is 56.5 Å². The van der Waals surface area contributed by atoms with Crippen LogP contribution in [-0.4, -0.2) is 32.7 Å². The van der Waals surface area contributed by atoms with Gasteiger partial charge in [0.25, 0.3) is 0 Å². The topological polar surface area (TPSA) is 84.0 Å². The van der Waals surface area contributed by atoms with Crippen LogP contribution in [0, 0.1) is 0 Å². The molecule has 13 heteroatoms. The summed E-state index contributed by atoms with van der Waals surface area (Å²) in [6.45, 7) is 0. The zero-order valence-electron chi connectivity index (χ0n) is 15.3. The van der Waals surface area contributed by atoms with E-state index in [9.17, 15) is 9.59 Å². The van der Waals surface area contributed by atoms with Crippen molar-refractivity contribution in [2.75, 3.05) is 22.1 Å². The van der Waals surface area contributed by atoms with Crippen LogP contribution >= 0.6 is 81.5 Å². The predicted molar refractivity (Wildman–Crippen MR) is 132 cm³/mol. The Bertz CT molecular complexity index is 989. The lowest BCUT2D eigenvalue weighted by Crippen LogP contribution is -2.15. The van der Waals surface area contributed by atoms with E-state index in [1.54, 1.807) is 36.4 Å². The SMILES string of the molecule is O=C(CSc1nsc(SCC(=O)Nc2c(Cl)cccc2Cl)n1)Nc1c(Cl)cccc1Cl. The molecule has 1 aromatic heterocycles. The molecule has 0 aliphatic carbocycles. The molecule has 3 aromatic rings. The number of nitrogens with one attached hydrogen (secondary N) is 2. The third kappa shape index (κ3) is 7.15. The van der Waals surface area contributed by atoms with E-state index in [2.05, 4.69) is 20.0 Å². The largest absolute Gasteiger partial charge is 0.323 e. The van der Waals surface area contributed by atoms with E-state index < -0.39 is 0 Å². The maximum absolute atomic E-state index is 12.2. The summed E-state index contributed by atoms with van der Waals surface area (Å²) in [5.41, 5.74) is 0.734. The lowest BCUT2D eigenvalue weighted by atomic mass is 10.3. The number of para-hydroxylation sites is 2. The second-order valence-electron chi connectivity index (χ2n) is 5.71. The number of thioether (sulfide) groups is 2. The van der Waals surface area contributed by atoms with Gasteiger partial charge in [0, 0.05) is 0 Å². The third-order valence-corrected chi connectivity index (χ3v) is 7.56. The molecule has 0 atom stereocenters. The Morgan fingerprint density at radius 2 is 1.26 bits per heavy atom. The minimum absolute atomic E-state index is 0.0773.